The van der Waals surface area contributed by atoms with E-state index in [0.29, 0.717) is 12.8 Å². The molecule has 0 spiro atoms. The Bertz CT molecular complexity index is 370. The zero-order valence-electron chi connectivity index (χ0n) is 9.75. The van der Waals surface area contributed by atoms with Crippen molar-refractivity contribution in [2.24, 2.45) is 5.73 Å². The Morgan fingerprint density at radius 3 is 2.76 bits per heavy atom. The lowest BCUT2D eigenvalue weighted by Crippen LogP contribution is -2.34. The van der Waals surface area contributed by atoms with Gasteiger partial charge in [-0.25, -0.2) is 8.78 Å². The van der Waals surface area contributed by atoms with Crippen molar-refractivity contribution in [2.75, 3.05) is 13.2 Å². The molecule has 0 heterocycles. The van der Waals surface area contributed by atoms with Crippen LogP contribution in [0.1, 0.15) is 19.8 Å². The molecule has 3 nitrogen and oxygen atoms in total. The van der Waals surface area contributed by atoms with Crippen LogP contribution in [0.3, 0.4) is 0 Å². The molecule has 1 aromatic carbocycles. The van der Waals surface area contributed by atoms with Gasteiger partial charge in [0.25, 0.3) is 0 Å². The van der Waals surface area contributed by atoms with Crippen molar-refractivity contribution in [1.82, 2.24) is 0 Å². The lowest BCUT2D eigenvalue weighted by molar-refractivity contribution is 0.0534. The average Bonchev–Trinajstić information content (AvgIpc) is 2.29. The van der Waals surface area contributed by atoms with Crippen LogP contribution < -0.4 is 10.5 Å². The van der Waals surface area contributed by atoms with Crippen molar-refractivity contribution in [3.63, 3.8) is 0 Å². The highest BCUT2D eigenvalue weighted by atomic mass is 19.1. The van der Waals surface area contributed by atoms with E-state index in [-0.39, 0.29) is 18.9 Å². The van der Waals surface area contributed by atoms with Gasteiger partial charge in [-0.15, -0.1) is 0 Å². The zero-order valence-corrected chi connectivity index (χ0v) is 9.75. The van der Waals surface area contributed by atoms with Gasteiger partial charge in [-0.05, 0) is 31.9 Å². The van der Waals surface area contributed by atoms with E-state index < -0.39 is 17.2 Å². The summed E-state index contributed by atoms with van der Waals surface area (Å²) in [6.45, 7) is 1.98. The highest BCUT2D eigenvalue weighted by molar-refractivity contribution is 5.24. The number of aliphatic hydroxyl groups is 1. The third-order valence-corrected chi connectivity index (χ3v) is 2.45. The highest BCUT2D eigenvalue weighted by Gasteiger charge is 2.17. The van der Waals surface area contributed by atoms with Crippen LogP contribution in [0.15, 0.2) is 18.2 Å². The number of nitrogens with two attached hydrogens (primary N) is 1. The van der Waals surface area contributed by atoms with Crippen LogP contribution in [0.4, 0.5) is 8.78 Å². The molecule has 3 N–H and O–H groups in total. The van der Waals surface area contributed by atoms with Gasteiger partial charge in [0.2, 0.25) is 0 Å². The van der Waals surface area contributed by atoms with Crippen LogP contribution in [-0.4, -0.2) is 23.9 Å². The predicted octanol–water partition coefficient (Wildman–Crippen LogP) is 1.83. The Morgan fingerprint density at radius 1 is 1.41 bits per heavy atom. The van der Waals surface area contributed by atoms with Crippen LogP contribution in [-0.2, 0) is 0 Å². The number of halogens is 2. The minimum absolute atomic E-state index is 0.114. The van der Waals surface area contributed by atoms with Gasteiger partial charge >= 0.3 is 0 Å². The molecule has 0 aromatic heterocycles. The summed E-state index contributed by atoms with van der Waals surface area (Å²) in [4.78, 5) is 0. The molecule has 0 fully saturated rings. The second kappa shape index (κ2) is 5.93. The van der Waals surface area contributed by atoms with Crippen LogP contribution in [0.25, 0.3) is 0 Å². The molecular formula is C12H17F2NO2. The minimum Gasteiger partial charge on any atom is -0.490 e. The molecule has 0 amide bonds. The molecule has 0 aliphatic rings. The third-order valence-electron chi connectivity index (χ3n) is 2.45. The fourth-order valence-corrected chi connectivity index (χ4v) is 1.32. The van der Waals surface area contributed by atoms with Gasteiger partial charge in [0, 0.05) is 12.6 Å². The fraction of sp³-hybridized carbons (Fsp3) is 0.500. The highest BCUT2D eigenvalue weighted by Crippen LogP contribution is 2.19. The molecule has 1 aromatic rings. The Balaban J connectivity index is 2.38. The van der Waals surface area contributed by atoms with E-state index in [1.807, 2.05) is 0 Å². The van der Waals surface area contributed by atoms with Gasteiger partial charge in [-0.1, -0.05) is 0 Å². The zero-order chi connectivity index (χ0) is 12.9. The Morgan fingerprint density at radius 2 is 2.12 bits per heavy atom. The van der Waals surface area contributed by atoms with E-state index >= 15 is 0 Å². The van der Waals surface area contributed by atoms with Gasteiger partial charge in [0.15, 0.2) is 11.6 Å². The SMILES string of the molecule is CC(O)(CN)CCCOc1cc(F)ccc1F. The largest absolute Gasteiger partial charge is 0.490 e. The number of hydrogen-bond acceptors (Lipinski definition) is 3. The summed E-state index contributed by atoms with van der Waals surface area (Å²) in [5, 5.41) is 9.60. The molecule has 17 heavy (non-hydrogen) atoms. The number of ether oxygens (including phenoxy) is 1. The maximum Gasteiger partial charge on any atom is 0.165 e. The third kappa shape index (κ3) is 4.66. The molecule has 1 unspecified atom stereocenters. The smallest absolute Gasteiger partial charge is 0.165 e. The molecule has 0 radical (unpaired) electrons. The first kappa shape index (κ1) is 13.9. The summed E-state index contributed by atoms with van der Waals surface area (Å²) in [7, 11) is 0. The summed E-state index contributed by atoms with van der Waals surface area (Å²) in [5.41, 5.74) is 4.40. The van der Waals surface area contributed by atoms with E-state index in [2.05, 4.69) is 0 Å². The standard InChI is InChI=1S/C12H17F2NO2/c1-12(16,8-15)5-2-6-17-11-7-9(13)3-4-10(11)14/h3-4,7,16H,2,5-6,8,15H2,1H3. The maximum absolute atomic E-state index is 13.1. The van der Waals surface area contributed by atoms with Gasteiger partial charge < -0.3 is 15.6 Å². The second-order valence-corrected chi connectivity index (χ2v) is 4.23. The molecule has 0 aliphatic heterocycles. The second-order valence-electron chi connectivity index (χ2n) is 4.23. The van der Waals surface area contributed by atoms with E-state index in [4.69, 9.17) is 10.5 Å². The topological polar surface area (TPSA) is 55.5 Å². The molecule has 1 rings (SSSR count). The molecule has 1 atom stereocenters. The number of benzene rings is 1. The summed E-state index contributed by atoms with van der Waals surface area (Å²) in [5.74, 6) is -1.26. The molecule has 5 heteroatoms. The van der Waals surface area contributed by atoms with Gasteiger partial charge in [-0.3, -0.25) is 0 Å². The Hall–Kier alpha value is -1.20. The van der Waals surface area contributed by atoms with E-state index in [9.17, 15) is 13.9 Å². The van der Waals surface area contributed by atoms with Crippen LogP contribution >= 0.6 is 0 Å². The van der Waals surface area contributed by atoms with Crippen molar-refractivity contribution in [2.45, 2.75) is 25.4 Å². The molecule has 0 bridgehead atoms. The molecule has 0 aliphatic carbocycles. The quantitative estimate of drug-likeness (QED) is 0.752. The first-order valence-electron chi connectivity index (χ1n) is 5.45. The number of rotatable bonds is 6. The van der Waals surface area contributed by atoms with E-state index in [1.165, 1.54) is 0 Å². The van der Waals surface area contributed by atoms with Crippen LogP contribution in [0.2, 0.25) is 0 Å². The summed E-state index contributed by atoms with van der Waals surface area (Å²) in [6.07, 6.45) is 0.959. The maximum atomic E-state index is 13.1. The van der Waals surface area contributed by atoms with Crippen LogP contribution in [0, 0.1) is 11.6 Å². The molecule has 0 saturated heterocycles. The summed E-state index contributed by atoms with van der Waals surface area (Å²) >= 11 is 0. The molecule has 96 valence electrons. The minimum atomic E-state index is -0.941. The van der Waals surface area contributed by atoms with Gasteiger partial charge in [0.05, 0.1) is 12.2 Å². The van der Waals surface area contributed by atoms with Crippen molar-refractivity contribution in [1.29, 1.82) is 0 Å². The first-order chi connectivity index (χ1) is 7.94. The van der Waals surface area contributed by atoms with E-state index in [0.717, 1.165) is 18.2 Å². The summed E-state index contributed by atoms with van der Waals surface area (Å²) in [6, 6.07) is 3.04. The molecular weight excluding hydrogens is 228 g/mol. The Labute approximate surface area is 99.2 Å². The first-order valence-corrected chi connectivity index (χ1v) is 5.45. The monoisotopic (exact) mass is 245 g/mol. The lowest BCUT2D eigenvalue weighted by atomic mass is 10.0. The fourth-order valence-electron chi connectivity index (χ4n) is 1.32. The van der Waals surface area contributed by atoms with Gasteiger partial charge in [-0.2, -0.15) is 0 Å². The van der Waals surface area contributed by atoms with E-state index in [1.54, 1.807) is 6.92 Å². The Kier molecular flexibility index (Phi) is 4.84. The van der Waals surface area contributed by atoms with Crippen LogP contribution in [0.5, 0.6) is 5.75 Å². The number of hydrogen-bond donors (Lipinski definition) is 2. The average molecular weight is 245 g/mol. The normalized spacial score (nSPS) is 14.4. The lowest BCUT2D eigenvalue weighted by Gasteiger charge is -2.20. The van der Waals surface area contributed by atoms with Crippen molar-refractivity contribution in [3.8, 4) is 5.75 Å². The summed E-state index contributed by atoms with van der Waals surface area (Å²) < 4.78 is 31.0. The van der Waals surface area contributed by atoms with Gasteiger partial charge in [0.1, 0.15) is 5.82 Å². The molecule has 0 saturated carbocycles. The predicted molar refractivity (Wildman–Crippen MR) is 60.8 cm³/mol. The van der Waals surface area contributed by atoms with Crippen molar-refractivity contribution < 1.29 is 18.6 Å². The van der Waals surface area contributed by atoms with Crippen molar-refractivity contribution in [3.05, 3.63) is 29.8 Å². The van der Waals surface area contributed by atoms with Crippen molar-refractivity contribution >= 4 is 0 Å².